The normalized spacial score (nSPS) is 15.0. The Labute approximate surface area is 182 Å². The van der Waals surface area contributed by atoms with Gasteiger partial charge in [-0.05, 0) is 42.2 Å². The fourth-order valence-corrected chi connectivity index (χ4v) is 5.40. The van der Waals surface area contributed by atoms with Gasteiger partial charge in [-0.3, -0.25) is 4.79 Å². The van der Waals surface area contributed by atoms with Crippen molar-refractivity contribution in [2.45, 2.75) is 31.6 Å². The van der Waals surface area contributed by atoms with Crippen LogP contribution in [0, 0.1) is 0 Å². The van der Waals surface area contributed by atoms with Crippen molar-refractivity contribution >= 4 is 15.9 Å². The smallest absolute Gasteiger partial charge is 0.251 e. The number of hydrogen-bond acceptors (Lipinski definition) is 4. The van der Waals surface area contributed by atoms with Crippen molar-refractivity contribution in [3.63, 3.8) is 0 Å². The molecule has 0 radical (unpaired) electrons. The molecule has 1 aliphatic rings. The molecule has 1 N–H and O–H groups in total. The Bertz CT molecular complexity index is 1120. The minimum Gasteiger partial charge on any atom is -0.348 e. The molecule has 2 heterocycles. The molecule has 0 aliphatic carbocycles. The van der Waals surface area contributed by atoms with E-state index >= 15 is 0 Å². The van der Waals surface area contributed by atoms with Gasteiger partial charge in [0.25, 0.3) is 5.91 Å². The standard InChI is InChI=1S/C23H26N4O3S/c28-23(25-16-21-6-2-3-7-22(21)26-15-12-24-18-26)20-10-8-19(9-11-20)17-31(29,30)27-13-4-1-5-14-27/h2-3,6-12,15,18H,1,4-5,13-14,16-17H2,(H,25,28). The number of hydrogen-bond donors (Lipinski definition) is 1. The van der Waals surface area contributed by atoms with E-state index in [1.807, 2.05) is 35.0 Å². The molecule has 1 fully saturated rings. The maximum Gasteiger partial charge on any atom is 0.251 e. The van der Waals surface area contributed by atoms with E-state index in [2.05, 4.69) is 10.3 Å². The summed E-state index contributed by atoms with van der Waals surface area (Å²) in [6.45, 7) is 1.57. The molecule has 3 aromatic rings. The lowest BCUT2D eigenvalue weighted by Crippen LogP contribution is -2.36. The van der Waals surface area contributed by atoms with Crippen LogP contribution in [0.25, 0.3) is 5.69 Å². The molecule has 0 spiro atoms. The number of amides is 1. The molecule has 2 aromatic carbocycles. The Hall–Kier alpha value is -2.97. The van der Waals surface area contributed by atoms with Gasteiger partial charge in [-0.15, -0.1) is 0 Å². The van der Waals surface area contributed by atoms with Gasteiger partial charge in [0.05, 0.1) is 17.8 Å². The van der Waals surface area contributed by atoms with Gasteiger partial charge in [-0.25, -0.2) is 17.7 Å². The van der Waals surface area contributed by atoms with Crippen LogP contribution in [0.4, 0.5) is 0 Å². The molecule has 162 valence electrons. The summed E-state index contributed by atoms with van der Waals surface area (Å²) in [5, 5.41) is 2.94. The molecule has 0 atom stereocenters. The van der Waals surface area contributed by atoms with Crippen molar-refractivity contribution in [3.8, 4) is 5.69 Å². The molecule has 8 heteroatoms. The third-order valence-corrected chi connectivity index (χ3v) is 7.34. The second-order valence-electron chi connectivity index (χ2n) is 7.69. The Kier molecular flexibility index (Phi) is 6.48. The van der Waals surface area contributed by atoms with Gasteiger partial charge in [0.1, 0.15) is 0 Å². The zero-order chi connectivity index (χ0) is 21.7. The topological polar surface area (TPSA) is 84.3 Å². The SMILES string of the molecule is O=C(NCc1ccccc1-n1ccnc1)c1ccc(CS(=O)(=O)N2CCCCC2)cc1. The molecule has 1 aromatic heterocycles. The maximum absolute atomic E-state index is 12.6. The predicted octanol–water partition coefficient (Wildman–Crippen LogP) is 3.12. The summed E-state index contributed by atoms with van der Waals surface area (Å²) in [6.07, 6.45) is 8.21. The molecule has 1 aliphatic heterocycles. The van der Waals surface area contributed by atoms with Crippen LogP contribution in [-0.4, -0.2) is 41.3 Å². The molecule has 1 saturated heterocycles. The van der Waals surface area contributed by atoms with E-state index in [4.69, 9.17) is 0 Å². The van der Waals surface area contributed by atoms with Gasteiger partial charge in [-0.2, -0.15) is 0 Å². The first-order valence-electron chi connectivity index (χ1n) is 10.4. The second kappa shape index (κ2) is 9.45. The van der Waals surface area contributed by atoms with Gasteiger partial charge in [0.2, 0.25) is 10.0 Å². The lowest BCUT2D eigenvalue weighted by molar-refractivity contribution is 0.0951. The van der Waals surface area contributed by atoms with Gasteiger partial charge in [0, 0.05) is 37.6 Å². The Morgan fingerprint density at radius 3 is 2.45 bits per heavy atom. The first-order valence-corrected chi connectivity index (χ1v) is 12.0. The number of nitrogens with one attached hydrogen (secondary N) is 1. The van der Waals surface area contributed by atoms with Gasteiger partial charge < -0.3 is 9.88 Å². The highest BCUT2D eigenvalue weighted by molar-refractivity contribution is 7.88. The highest BCUT2D eigenvalue weighted by atomic mass is 32.2. The summed E-state index contributed by atoms with van der Waals surface area (Å²) in [7, 11) is -3.32. The van der Waals surface area contributed by atoms with Crippen molar-refractivity contribution < 1.29 is 13.2 Å². The van der Waals surface area contributed by atoms with Crippen molar-refractivity contribution in [3.05, 3.63) is 83.9 Å². The number of carbonyl (C=O) groups is 1. The summed E-state index contributed by atoms with van der Waals surface area (Å²) in [5.41, 5.74) is 3.11. The van der Waals surface area contributed by atoms with Crippen molar-refractivity contribution in [2.75, 3.05) is 13.1 Å². The van der Waals surface area contributed by atoms with Crippen LogP contribution in [0.15, 0.2) is 67.3 Å². The number of nitrogens with zero attached hydrogens (tertiary/aromatic N) is 3. The molecule has 7 nitrogen and oxygen atoms in total. The average molecular weight is 439 g/mol. The van der Waals surface area contributed by atoms with E-state index in [9.17, 15) is 13.2 Å². The van der Waals surface area contributed by atoms with E-state index in [1.54, 1.807) is 41.1 Å². The number of para-hydroxylation sites is 1. The van der Waals surface area contributed by atoms with Gasteiger partial charge >= 0.3 is 0 Å². The van der Waals surface area contributed by atoms with Crippen molar-refractivity contribution in [1.29, 1.82) is 0 Å². The Morgan fingerprint density at radius 2 is 1.74 bits per heavy atom. The van der Waals surface area contributed by atoms with Crippen LogP contribution in [0.3, 0.4) is 0 Å². The molecule has 0 bridgehead atoms. The minimum atomic E-state index is -3.32. The monoisotopic (exact) mass is 438 g/mol. The van der Waals surface area contributed by atoms with Crippen LogP contribution in [0.1, 0.15) is 40.7 Å². The first kappa shape index (κ1) is 21.3. The lowest BCUT2D eigenvalue weighted by Gasteiger charge is -2.25. The molecular formula is C23H26N4O3S. The molecule has 0 saturated carbocycles. The highest BCUT2D eigenvalue weighted by Crippen LogP contribution is 2.18. The third kappa shape index (κ3) is 5.21. The van der Waals surface area contributed by atoms with Crippen LogP contribution in [0.5, 0.6) is 0 Å². The third-order valence-electron chi connectivity index (χ3n) is 5.49. The van der Waals surface area contributed by atoms with E-state index < -0.39 is 10.0 Å². The number of benzene rings is 2. The van der Waals surface area contributed by atoms with Crippen molar-refractivity contribution in [1.82, 2.24) is 19.2 Å². The minimum absolute atomic E-state index is 0.0345. The highest BCUT2D eigenvalue weighted by Gasteiger charge is 2.24. The van der Waals surface area contributed by atoms with Crippen LogP contribution in [-0.2, 0) is 22.3 Å². The zero-order valence-corrected chi connectivity index (χ0v) is 18.1. The van der Waals surface area contributed by atoms with Crippen LogP contribution < -0.4 is 5.32 Å². The number of piperidine rings is 1. The number of rotatable bonds is 7. The molecule has 4 rings (SSSR count). The number of imidazole rings is 1. The van der Waals surface area contributed by atoms with Gasteiger partial charge in [0.15, 0.2) is 0 Å². The maximum atomic E-state index is 12.6. The lowest BCUT2D eigenvalue weighted by atomic mass is 10.1. The second-order valence-corrected chi connectivity index (χ2v) is 9.66. The summed E-state index contributed by atoms with van der Waals surface area (Å²) in [4.78, 5) is 16.7. The fraction of sp³-hybridized carbons (Fsp3) is 0.304. The summed E-state index contributed by atoms with van der Waals surface area (Å²) >= 11 is 0. The van der Waals surface area contributed by atoms with E-state index in [1.165, 1.54) is 0 Å². The Morgan fingerprint density at radius 1 is 1.00 bits per heavy atom. The molecular weight excluding hydrogens is 412 g/mol. The number of sulfonamides is 1. The number of carbonyl (C=O) groups excluding carboxylic acids is 1. The summed E-state index contributed by atoms with van der Waals surface area (Å²) in [6, 6.07) is 14.6. The van der Waals surface area contributed by atoms with E-state index in [-0.39, 0.29) is 11.7 Å². The first-order chi connectivity index (χ1) is 15.0. The van der Waals surface area contributed by atoms with E-state index in [0.717, 1.165) is 30.5 Å². The quantitative estimate of drug-likeness (QED) is 0.614. The molecule has 0 unspecified atom stereocenters. The predicted molar refractivity (Wildman–Crippen MR) is 119 cm³/mol. The molecule has 31 heavy (non-hydrogen) atoms. The van der Waals surface area contributed by atoms with Crippen LogP contribution >= 0.6 is 0 Å². The summed E-state index contributed by atoms with van der Waals surface area (Å²) in [5.74, 6) is -0.237. The van der Waals surface area contributed by atoms with Crippen molar-refractivity contribution in [2.24, 2.45) is 0 Å². The Balaban J connectivity index is 1.38. The largest absolute Gasteiger partial charge is 0.348 e. The zero-order valence-electron chi connectivity index (χ0n) is 17.3. The van der Waals surface area contributed by atoms with E-state index in [0.29, 0.717) is 30.8 Å². The fourth-order valence-electron chi connectivity index (χ4n) is 3.79. The number of aromatic nitrogens is 2. The van der Waals surface area contributed by atoms with Crippen LogP contribution in [0.2, 0.25) is 0 Å². The molecule has 1 amide bonds. The summed E-state index contributed by atoms with van der Waals surface area (Å²) < 4.78 is 28.7. The van der Waals surface area contributed by atoms with Gasteiger partial charge in [-0.1, -0.05) is 36.8 Å². The average Bonchev–Trinajstić information content (AvgIpc) is 3.33.